The number of aromatic nitrogens is 5. The van der Waals surface area contributed by atoms with E-state index in [0.29, 0.717) is 32.6 Å². The molecule has 0 unspecified atom stereocenters. The molecule has 4 N–H and O–H groups in total. The monoisotopic (exact) mass is 490 g/mol. The van der Waals surface area contributed by atoms with Gasteiger partial charge in [0.25, 0.3) is 5.56 Å². The van der Waals surface area contributed by atoms with Gasteiger partial charge in [0.15, 0.2) is 0 Å². The fourth-order valence-electron chi connectivity index (χ4n) is 3.83. The molecule has 192 valence electrons. The molecule has 0 radical (unpaired) electrons. The third kappa shape index (κ3) is 7.84. The van der Waals surface area contributed by atoms with E-state index in [4.69, 9.17) is 19.9 Å². The van der Waals surface area contributed by atoms with Crippen molar-refractivity contribution in [1.29, 1.82) is 0 Å². The number of nitrogens with zero attached hydrogens (tertiary/aromatic N) is 4. The van der Waals surface area contributed by atoms with Crippen LogP contribution in [0, 0.1) is 11.8 Å². The summed E-state index contributed by atoms with van der Waals surface area (Å²) in [4.78, 5) is 26.7. The Morgan fingerprint density at radius 2 is 2.14 bits per heavy atom. The van der Waals surface area contributed by atoms with Crippen LogP contribution < -0.4 is 17.0 Å². The lowest BCUT2D eigenvalue weighted by Gasteiger charge is -2.14. The Bertz CT molecular complexity index is 1090. The van der Waals surface area contributed by atoms with Gasteiger partial charge >= 0.3 is 5.69 Å². The van der Waals surface area contributed by atoms with E-state index in [1.807, 2.05) is 10.9 Å². The molecule has 12 heteroatoms. The summed E-state index contributed by atoms with van der Waals surface area (Å²) in [7, 11) is 1.52. The number of hydrogen-bond donors (Lipinski definition) is 3. The van der Waals surface area contributed by atoms with E-state index < -0.39 is 23.6 Å². The first-order chi connectivity index (χ1) is 17.0. The molecule has 2 aromatic rings. The molecule has 0 aliphatic carbocycles. The van der Waals surface area contributed by atoms with Crippen molar-refractivity contribution in [2.75, 3.05) is 33.5 Å². The van der Waals surface area contributed by atoms with Gasteiger partial charge in [-0.2, -0.15) is 0 Å². The number of hydrogen-bond acceptors (Lipinski definition) is 9. The molecule has 1 fully saturated rings. The number of nitrogens with one attached hydrogen (secondary N) is 1. The first kappa shape index (κ1) is 26.8. The topological polar surface area (TPSA) is 160 Å². The van der Waals surface area contributed by atoms with Crippen molar-refractivity contribution in [3.8, 4) is 11.8 Å². The maximum atomic E-state index is 12.3. The van der Waals surface area contributed by atoms with Crippen LogP contribution in [0.5, 0.6) is 0 Å². The molecule has 0 bridgehead atoms. The molecule has 0 saturated carbocycles. The van der Waals surface area contributed by atoms with Gasteiger partial charge in [-0.25, -0.2) is 4.79 Å². The summed E-state index contributed by atoms with van der Waals surface area (Å²) in [6.45, 7) is 2.27. The fourth-order valence-corrected chi connectivity index (χ4v) is 3.83. The van der Waals surface area contributed by atoms with Crippen LogP contribution in [0.15, 0.2) is 22.0 Å². The number of unbranched alkanes of at least 4 members (excludes halogenated alkanes) is 2. The van der Waals surface area contributed by atoms with Crippen LogP contribution in [0.1, 0.15) is 49.6 Å². The molecular formula is C23H34N6O6. The summed E-state index contributed by atoms with van der Waals surface area (Å²) in [5.74, 6) is 5.85. The molecule has 0 amide bonds. The Kier molecular flexibility index (Phi) is 10.6. The van der Waals surface area contributed by atoms with Crippen LogP contribution in [0.2, 0.25) is 0 Å². The first-order valence-corrected chi connectivity index (χ1v) is 11.9. The van der Waals surface area contributed by atoms with Crippen LogP contribution in [0.4, 0.5) is 0 Å². The Labute approximate surface area is 203 Å². The van der Waals surface area contributed by atoms with Crippen molar-refractivity contribution in [2.45, 2.75) is 63.5 Å². The highest BCUT2D eigenvalue weighted by Crippen LogP contribution is 2.29. The molecule has 3 rings (SSSR count). The SMILES string of the molecule is CO[C@@H]1C[C@H](n2cc(C#CCCCCc3cn(CCCOCCN)nn3)c(=O)[nH]c2=O)O[C@@H]1CO. The average molecular weight is 491 g/mol. The smallest absolute Gasteiger partial charge is 0.330 e. The van der Waals surface area contributed by atoms with Gasteiger partial charge < -0.3 is 25.1 Å². The maximum absolute atomic E-state index is 12.3. The van der Waals surface area contributed by atoms with Crippen LogP contribution in [0.3, 0.4) is 0 Å². The molecule has 2 aromatic heterocycles. The maximum Gasteiger partial charge on any atom is 0.330 e. The molecule has 12 nitrogen and oxygen atoms in total. The van der Waals surface area contributed by atoms with Crippen molar-refractivity contribution >= 4 is 0 Å². The number of aryl methyl sites for hydroxylation is 2. The number of nitrogens with two attached hydrogens (primary N) is 1. The number of H-pyrrole nitrogens is 1. The van der Waals surface area contributed by atoms with Gasteiger partial charge in [-0.15, -0.1) is 5.10 Å². The lowest BCUT2D eigenvalue weighted by molar-refractivity contribution is -0.0535. The van der Waals surface area contributed by atoms with E-state index in [9.17, 15) is 14.7 Å². The third-order valence-corrected chi connectivity index (χ3v) is 5.67. The molecule has 3 atom stereocenters. The molecule has 3 heterocycles. The molecule has 35 heavy (non-hydrogen) atoms. The van der Waals surface area contributed by atoms with Crippen LogP contribution >= 0.6 is 0 Å². The van der Waals surface area contributed by atoms with E-state index in [1.54, 1.807) is 0 Å². The quantitative estimate of drug-likeness (QED) is 0.250. The highest BCUT2D eigenvalue weighted by atomic mass is 16.6. The van der Waals surface area contributed by atoms with Gasteiger partial charge in [0.1, 0.15) is 17.9 Å². The number of aromatic amines is 1. The second-order valence-corrected chi connectivity index (χ2v) is 8.27. The standard InChI is InChI=1S/C23H34N6O6/c1-33-19-13-21(35-20(19)16-30)29-14-17(22(31)25-23(29)32)7-4-2-3-5-8-18-15-28(27-26-18)10-6-11-34-12-9-24/h14-15,19-21,30H,2-3,5-6,8-13,16,24H2,1H3,(H,25,31,32)/t19-,20-,21-/m1/s1. The zero-order chi connectivity index (χ0) is 25.0. The second kappa shape index (κ2) is 13.9. The molecule has 1 aliphatic rings. The summed E-state index contributed by atoms with van der Waals surface area (Å²) in [6.07, 6.45) is 6.19. The van der Waals surface area contributed by atoms with Crippen molar-refractivity contribution < 1.29 is 19.3 Å². The fraction of sp³-hybridized carbons (Fsp3) is 0.652. The zero-order valence-electron chi connectivity index (χ0n) is 20.0. The highest BCUT2D eigenvalue weighted by molar-refractivity contribution is 5.29. The van der Waals surface area contributed by atoms with Crippen LogP contribution in [-0.2, 0) is 27.2 Å². The Morgan fingerprint density at radius 3 is 2.89 bits per heavy atom. The predicted molar refractivity (Wildman–Crippen MR) is 127 cm³/mol. The summed E-state index contributed by atoms with van der Waals surface area (Å²) < 4.78 is 19.5. The minimum absolute atomic E-state index is 0.188. The summed E-state index contributed by atoms with van der Waals surface area (Å²) in [5.41, 5.74) is 5.38. The van der Waals surface area contributed by atoms with E-state index in [0.717, 1.165) is 37.9 Å². The van der Waals surface area contributed by atoms with Gasteiger partial charge in [-0.05, 0) is 25.7 Å². The normalized spacial score (nSPS) is 19.6. The van der Waals surface area contributed by atoms with Crippen LogP contribution in [-0.4, -0.2) is 75.3 Å². The predicted octanol–water partition coefficient (Wildman–Crippen LogP) is -0.447. The zero-order valence-corrected chi connectivity index (χ0v) is 20.0. The largest absolute Gasteiger partial charge is 0.394 e. The van der Waals surface area contributed by atoms with Gasteiger partial charge in [-0.1, -0.05) is 17.1 Å². The second-order valence-electron chi connectivity index (χ2n) is 8.27. The van der Waals surface area contributed by atoms with Crippen molar-refractivity contribution in [2.24, 2.45) is 5.73 Å². The summed E-state index contributed by atoms with van der Waals surface area (Å²) in [6, 6.07) is 0. The Hall–Kier alpha value is -2.82. The number of methoxy groups -OCH3 is 1. The van der Waals surface area contributed by atoms with Gasteiger partial charge in [0.2, 0.25) is 0 Å². The van der Waals surface area contributed by atoms with Crippen molar-refractivity contribution in [3.05, 3.63) is 44.5 Å². The molecule has 1 saturated heterocycles. The lowest BCUT2D eigenvalue weighted by Crippen LogP contribution is -2.33. The van der Waals surface area contributed by atoms with Crippen molar-refractivity contribution in [1.82, 2.24) is 24.5 Å². The van der Waals surface area contributed by atoms with E-state index in [-0.39, 0.29) is 18.3 Å². The summed E-state index contributed by atoms with van der Waals surface area (Å²) in [5, 5.41) is 17.7. The minimum atomic E-state index is -0.645. The Morgan fingerprint density at radius 1 is 1.29 bits per heavy atom. The number of rotatable bonds is 13. The molecule has 0 aromatic carbocycles. The molecular weight excluding hydrogens is 456 g/mol. The minimum Gasteiger partial charge on any atom is -0.394 e. The van der Waals surface area contributed by atoms with E-state index in [2.05, 4.69) is 27.1 Å². The van der Waals surface area contributed by atoms with Gasteiger partial charge in [0.05, 0.1) is 25.0 Å². The molecule has 1 aliphatic heterocycles. The summed E-state index contributed by atoms with van der Waals surface area (Å²) >= 11 is 0. The van der Waals surface area contributed by atoms with E-state index in [1.165, 1.54) is 17.9 Å². The lowest BCUT2D eigenvalue weighted by atomic mass is 10.1. The first-order valence-electron chi connectivity index (χ1n) is 11.9. The molecule has 0 spiro atoms. The third-order valence-electron chi connectivity index (χ3n) is 5.67. The number of aliphatic hydroxyl groups is 1. The number of aliphatic hydroxyl groups excluding tert-OH is 1. The van der Waals surface area contributed by atoms with Crippen LogP contribution in [0.25, 0.3) is 0 Å². The average Bonchev–Trinajstić information content (AvgIpc) is 3.48. The Balaban J connectivity index is 1.46. The van der Waals surface area contributed by atoms with E-state index >= 15 is 0 Å². The van der Waals surface area contributed by atoms with Gasteiger partial charge in [0, 0.05) is 52.0 Å². The number of ether oxygens (including phenoxy) is 3. The highest BCUT2D eigenvalue weighted by Gasteiger charge is 2.36. The van der Waals surface area contributed by atoms with Gasteiger partial charge in [-0.3, -0.25) is 19.0 Å². The van der Waals surface area contributed by atoms with Crippen molar-refractivity contribution in [3.63, 3.8) is 0 Å².